The first-order chi connectivity index (χ1) is 10.7. The third kappa shape index (κ3) is 2.77. The monoisotopic (exact) mass is 321 g/mol. The van der Waals surface area contributed by atoms with Gasteiger partial charge < -0.3 is 10.2 Å². The van der Waals surface area contributed by atoms with Crippen molar-refractivity contribution < 1.29 is 9.59 Å². The highest BCUT2D eigenvalue weighted by atomic mass is 32.1. The van der Waals surface area contributed by atoms with Crippen LogP contribution in [0.4, 0.5) is 0 Å². The summed E-state index contributed by atoms with van der Waals surface area (Å²) in [6, 6.07) is 2.00. The summed E-state index contributed by atoms with van der Waals surface area (Å²) in [4.78, 5) is 29.0. The molecule has 0 aliphatic carbocycles. The molecule has 0 radical (unpaired) electrons. The molecule has 0 aromatic carbocycles. The Balaban J connectivity index is 1.63. The number of piperidine rings is 1. The van der Waals surface area contributed by atoms with Crippen molar-refractivity contribution in [1.82, 2.24) is 15.1 Å². The molecular formula is C16H23N3O2S. The molecule has 120 valence electrons. The number of likely N-dealkylation sites (tertiary alicyclic amines) is 1. The lowest BCUT2D eigenvalue weighted by molar-refractivity contribution is -0.145. The van der Waals surface area contributed by atoms with E-state index in [1.165, 1.54) is 0 Å². The van der Waals surface area contributed by atoms with Crippen molar-refractivity contribution in [3.8, 4) is 0 Å². The second-order valence-corrected chi connectivity index (χ2v) is 6.84. The summed E-state index contributed by atoms with van der Waals surface area (Å²) in [6.45, 7) is 5.98. The van der Waals surface area contributed by atoms with E-state index < -0.39 is 5.54 Å². The molecule has 1 aromatic heterocycles. The van der Waals surface area contributed by atoms with Gasteiger partial charge in [-0.3, -0.25) is 14.5 Å². The molecule has 2 fully saturated rings. The van der Waals surface area contributed by atoms with E-state index in [1.54, 1.807) is 11.3 Å². The van der Waals surface area contributed by atoms with E-state index in [2.05, 4.69) is 17.1 Å². The number of amides is 2. The molecule has 6 heteroatoms. The van der Waals surface area contributed by atoms with Crippen molar-refractivity contribution in [2.24, 2.45) is 0 Å². The fourth-order valence-corrected chi connectivity index (χ4v) is 4.30. The number of thiophene rings is 1. The lowest BCUT2D eigenvalue weighted by atomic mass is 9.83. The van der Waals surface area contributed by atoms with Gasteiger partial charge in [-0.2, -0.15) is 11.3 Å². The highest BCUT2D eigenvalue weighted by Crippen LogP contribution is 2.31. The van der Waals surface area contributed by atoms with Crippen LogP contribution in [0.25, 0.3) is 0 Å². The molecule has 2 saturated heterocycles. The molecule has 1 aromatic rings. The van der Waals surface area contributed by atoms with Crippen molar-refractivity contribution in [3.05, 3.63) is 22.4 Å². The van der Waals surface area contributed by atoms with Gasteiger partial charge >= 0.3 is 0 Å². The number of likely N-dealkylation sites (N-methyl/N-ethyl adjacent to an activating group) is 1. The Morgan fingerprint density at radius 2 is 2.14 bits per heavy atom. The van der Waals surface area contributed by atoms with Crippen LogP contribution in [0.5, 0.6) is 0 Å². The Hall–Kier alpha value is -1.40. The Kier molecular flexibility index (Phi) is 4.49. The molecule has 0 unspecified atom stereocenters. The standard InChI is InChI=1S/C16H23N3O2S/c1-2-19-9-6-17-15(21)16(19)4-7-18(8-5-16)14(20)11-13-3-10-22-12-13/h3,10,12H,2,4-9,11H2,1H3,(H,17,21). The molecule has 0 atom stereocenters. The van der Waals surface area contributed by atoms with E-state index >= 15 is 0 Å². The van der Waals surface area contributed by atoms with Crippen LogP contribution in [0.1, 0.15) is 25.3 Å². The maximum Gasteiger partial charge on any atom is 0.240 e. The van der Waals surface area contributed by atoms with E-state index in [4.69, 9.17) is 0 Å². The van der Waals surface area contributed by atoms with Crippen LogP contribution >= 0.6 is 11.3 Å². The van der Waals surface area contributed by atoms with Gasteiger partial charge in [-0.25, -0.2) is 0 Å². The maximum absolute atomic E-state index is 12.4. The summed E-state index contributed by atoms with van der Waals surface area (Å²) in [5, 5.41) is 7.03. The second-order valence-electron chi connectivity index (χ2n) is 6.06. The summed E-state index contributed by atoms with van der Waals surface area (Å²) >= 11 is 1.62. The SMILES string of the molecule is CCN1CCNC(=O)C12CCN(C(=O)Cc1ccsc1)CC2. The van der Waals surface area contributed by atoms with Gasteiger partial charge in [0.1, 0.15) is 5.54 Å². The van der Waals surface area contributed by atoms with E-state index in [-0.39, 0.29) is 11.8 Å². The van der Waals surface area contributed by atoms with Crippen molar-refractivity contribution in [3.63, 3.8) is 0 Å². The van der Waals surface area contributed by atoms with Crippen LogP contribution in [0.2, 0.25) is 0 Å². The molecule has 3 rings (SSSR count). The fourth-order valence-electron chi connectivity index (χ4n) is 3.64. The highest BCUT2D eigenvalue weighted by Gasteiger charge is 2.47. The number of rotatable bonds is 3. The topological polar surface area (TPSA) is 52.7 Å². The largest absolute Gasteiger partial charge is 0.353 e. The van der Waals surface area contributed by atoms with Crippen molar-refractivity contribution in [2.45, 2.75) is 31.7 Å². The molecule has 0 bridgehead atoms. The summed E-state index contributed by atoms with van der Waals surface area (Å²) in [6.07, 6.45) is 1.95. The van der Waals surface area contributed by atoms with Gasteiger partial charge in [-0.05, 0) is 41.8 Å². The predicted molar refractivity (Wildman–Crippen MR) is 86.8 cm³/mol. The minimum Gasteiger partial charge on any atom is -0.353 e. The first-order valence-electron chi connectivity index (χ1n) is 7.98. The van der Waals surface area contributed by atoms with Gasteiger partial charge in [-0.1, -0.05) is 6.92 Å². The molecule has 2 amide bonds. The zero-order valence-corrected chi connectivity index (χ0v) is 13.8. The Bertz CT molecular complexity index is 536. The Morgan fingerprint density at radius 1 is 1.36 bits per heavy atom. The fraction of sp³-hybridized carbons (Fsp3) is 0.625. The number of carbonyl (C=O) groups is 2. The van der Waals surface area contributed by atoms with Gasteiger partial charge in [0.15, 0.2) is 0 Å². The second kappa shape index (κ2) is 6.38. The van der Waals surface area contributed by atoms with Crippen LogP contribution in [0, 0.1) is 0 Å². The molecule has 0 saturated carbocycles. The van der Waals surface area contributed by atoms with Crippen LogP contribution < -0.4 is 5.32 Å². The number of piperazine rings is 1. The number of nitrogens with zero attached hydrogens (tertiary/aromatic N) is 2. The lowest BCUT2D eigenvalue weighted by Gasteiger charge is -2.49. The molecule has 5 nitrogen and oxygen atoms in total. The van der Waals surface area contributed by atoms with Gasteiger partial charge in [0, 0.05) is 26.2 Å². The number of hydrogen-bond donors (Lipinski definition) is 1. The van der Waals surface area contributed by atoms with E-state index in [0.29, 0.717) is 19.5 Å². The predicted octanol–water partition coefficient (Wildman–Crippen LogP) is 1.10. The summed E-state index contributed by atoms with van der Waals surface area (Å²) in [5.41, 5.74) is 0.687. The minimum absolute atomic E-state index is 0.144. The average Bonchev–Trinajstić information content (AvgIpc) is 3.03. The molecule has 3 heterocycles. The average molecular weight is 321 g/mol. The number of hydrogen-bond acceptors (Lipinski definition) is 4. The normalized spacial score (nSPS) is 21.9. The smallest absolute Gasteiger partial charge is 0.240 e. The van der Waals surface area contributed by atoms with Crippen molar-refractivity contribution in [1.29, 1.82) is 0 Å². The first kappa shape index (κ1) is 15.5. The van der Waals surface area contributed by atoms with Crippen LogP contribution in [0.15, 0.2) is 16.8 Å². The highest BCUT2D eigenvalue weighted by molar-refractivity contribution is 7.07. The zero-order chi connectivity index (χ0) is 15.6. The number of carbonyl (C=O) groups excluding carboxylic acids is 2. The Morgan fingerprint density at radius 3 is 2.77 bits per heavy atom. The van der Waals surface area contributed by atoms with Gasteiger partial charge in [-0.15, -0.1) is 0 Å². The summed E-state index contributed by atoms with van der Waals surface area (Å²) in [7, 11) is 0. The third-order valence-electron chi connectivity index (χ3n) is 4.96. The van der Waals surface area contributed by atoms with E-state index in [9.17, 15) is 9.59 Å². The summed E-state index contributed by atoms with van der Waals surface area (Å²) in [5.74, 6) is 0.318. The summed E-state index contributed by atoms with van der Waals surface area (Å²) < 4.78 is 0. The lowest BCUT2D eigenvalue weighted by Crippen LogP contribution is -2.68. The van der Waals surface area contributed by atoms with Gasteiger partial charge in [0.2, 0.25) is 11.8 Å². The molecule has 2 aliphatic heterocycles. The quantitative estimate of drug-likeness (QED) is 0.907. The molecule has 1 N–H and O–H groups in total. The van der Waals surface area contributed by atoms with Crippen LogP contribution in [0.3, 0.4) is 0 Å². The molecule has 2 aliphatic rings. The number of nitrogens with one attached hydrogen (secondary N) is 1. The van der Waals surface area contributed by atoms with E-state index in [0.717, 1.165) is 38.0 Å². The van der Waals surface area contributed by atoms with Crippen LogP contribution in [-0.4, -0.2) is 59.9 Å². The van der Waals surface area contributed by atoms with Crippen molar-refractivity contribution >= 4 is 23.2 Å². The van der Waals surface area contributed by atoms with E-state index in [1.807, 2.05) is 21.7 Å². The van der Waals surface area contributed by atoms with Gasteiger partial charge in [0.25, 0.3) is 0 Å². The Labute approximate surface area is 135 Å². The third-order valence-corrected chi connectivity index (χ3v) is 5.69. The maximum atomic E-state index is 12.4. The first-order valence-corrected chi connectivity index (χ1v) is 8.92. The molecular weight excluding hydrogens is 298 g/mol. The molecule has 22 heavy (non-hydrogen) atoms. The molecule has 1 spiro atoms. The van der Waals surface area contributed by atoms with Crippen LogP contribution in [-0.2, 0) is 16.0 Å². The van der Waals surface area contributed by atoms with Gasteiger partial charge in [0.05, 0.1) is 6.42 Å². The zero-order valence-electron chi connectivity index (χ0n) is 13.0. The minimum atomic E-state index is -0.397. The van der Waals surface area contributed by atoms with Crippen molar-refractivity contribution in [2.75, 3.05) is 32.7 Å².